The fourth-order valence-corrected chi connectivity index (χ4v) is 2.97. The normalized spacial score (nSPS) is 10.8. The number of carbonyl (C=O) groups is 1. The molecule has 0 radical (unpaired) electrons. The number of nitrogens with one attached hydrogen (secondary N) is 2. The molecular formula is C17H14ClN5OS. The van der Waals surface area contributed by atoms with Crippen molar-refractivity contribution in [3.8, 4) is 0 Å². The SMILES string of the molecule is Cc1ccc(Nc2nc(Cl)c(/C=N/NC(=O)c3cccnc3)s2)cc1. The monoisotopic (exact) mass is 371 g/mol. The standard InChI is InChI=1S/C17H14ClN5OS/c1-11-4-6-13(7-5-11)21-17-22-15(18)14(25-17)10-20-23-16(24)12-3-2-8-19-9-12/h2-10H,1H3,(H,21,22)(H,23,24)/b20-10+. The summed E-state index contributed by atoms with van der Waals surface area (Å²) in [6.07, 6.45) is 4.53. The third-order valence-electron chi connectivity index (χ3n) is 3.18. The van der Waals surface area contributed by atoms with Gasteiger partial charge in [0, 0.05) is 18.1 Å². The van der Waals surface area contributed by atoms with Crippen molar-refractivity contribution < 1.29 is 4.79 Å². The summed E-state index contributed by atoms with van der Waals surface area (Å²) >= 11 is 7.45. The number of hydrazone groups is 1. The van der Waals surface area contributed by atoms with Crippen molar-refractivity contribution in [2.75, 3.05) is 5.32 Å². The number of nitrogens with zero attached hydrogens (tertiary/aromatic N) is 3. The van der Waals surface area contributed by atoms with Crippen LogP contribution in [-0.4, -0.2) is 22.1 Å². The van der Waals surface area contributed by atoms with E-state index in [0.29, 0.717) is 20.7 Å². The Morgan fingerprint density at radius 2 is 2.08 bits per heavy atom. The van der Waals surface area contributed by atoms with Crippen LogP contribution < -0.4 is 10.7 Å². The number of amides is 1. The molecule has 2 heterocycles. The second-order valence-corrected chi connectivity index (χ2v) is 6.49. The quantitative estimate of drug-likeness (QED) is 0.524. The first kappa shape index (κ1) is 17.1. The van der Waals surface area contributed by atoms with Crippen molar-refractivity contribution in [3.05, 3.63) is 69.9 Å². The average Bonchev–Trinajstić information content (AvgIpc) is 2.97. The lowest BCUT2D eigenvalue weighted by molar-refractivity contribution is 0.0955. The first-order valence-electron chi connectivity index (χ1n) is 7.35. The number of halogens is 1. The van der Waals surface area contributed by atoms with E-state index < -0.39 is 0 Å². The lowest BCUT2D eigenvalue weighted by Gasteiger charge is -2.01. The number of hydrogen-bond acceptors (Lipinski definition) is 6. The molecule has 126 valence electrons. The molecule has 0 atom stereocenters. The molecule has 1 amide bonds. The Hall–Kier alpha value is -2.77. The molecule has 0 aliphatic rings. The van der Waals surface area contributed by atoms with Crippen LogP contribution in [0, 0.1) is 6.92 Å². The second kappa shape index (κ2) is 7.87. The summed E-state index contributed by atoms with van der Waals surface area (Å²) in [5.74, 6) is -0.344. The molecule has 0 aliphatic carbocycles. The summed E-state index contributed by atoms with van der Waals surface area (Å²) in [6, 6.07) is 11.3. The predicted octanol–water partition coefficient (Wildman–Crippen LogP) is 4.01. The Morgan fingerprint density at radius 1 is 1.28 bits per heavy atom. The molecule has 0 saturated heterocycles. The van der Waals surface area contributed by atoms with Gasteiger partial charge in [-0.2, -0.15) is 5.10 Å². The number of anilines is 2. The molecule has 0 unspecified atom stereocenters. The molecule has 0 bridgehead atoms. The zero-order valence-corrected chi connectivity index (χ0v) is 14.8. The van der Waals surface area contributed by atoms with Crippen LogP contribution in [0.1, 0.15) is 20.8 Å². The molecule has 8 heteroatoms. The van der Waals surface area contributed by atoms with Crippen LogP contribution in [0.2, 0.25) is 5.15 Å². The minimum Gasteiger partial charge on any atom is -0.331 e. The van der Waals surface area contributed by atoms with Crippen LogP contribution in [-0.2, 0) is 0 Å². The Kier molecular flexibility index (Phi) is 5.37. The number of aryl methyl sites for hydroxylation is 1. The number of carbonyl (C=O) groups excluding carboxylic acids is 1. The Bertz CT molecular complexity index is 893. The molecular weight excluding hydrogens is 358 g/mol. The lowest BCUT2D eigenvalue weighted by atomic mass is 10.2. The molecule has 2 N–H and O–H groups in total. The van der Waals surface area contributed by atoms with Gasteiger partial charge in [0.25, 0.3) is 5.91 Å². The summed E-state index contributed by atoms with van der Waals surface area (Å²) < 4.78 is 0. The lowest BCUT2D eigenvalue weighted by Crippen LogP contribution is -2.17. The van der Waals surface area contributed by atoms with Crippen LogP contribution in [0.15, 0.2) is 53.9 Å². The van der Waals surface area contributed by atoms with E-state index in [1.54, 1.807) is 18.3 Å². The van der Waals surface area contributed by atoms with Gasteiger partial charge in [0.05, 0.1) is 16.7 Å². The molecule has 0 spiro atoms. The largest absolute Gasteiger partial charge is 0.331 e. The molecule has 3 aromatic rings. The topological polar surface area (TPSA) is 79.3 Å². The van der Waals surface area contributed by atoms with Crippen molar-refractivity contribution >= 4 is 45.9 Å². The van der Waals surface area contributed by atoms with Crippen LogP contribution >= 0.6 is 22.9 Å². The van der Waals surface area contributed by atoms with E-state index in [0.717, 1.165) is 5.69 Å². The van der Waals surface area contributed by atoms with Crippen LogP contribution in [0.5, 0.6) is 0 Å². The van der Waals surface area contributed by atoms with Gasteiger partial charge in [-0.25, -0.2) is 10.4 Å². The van der Waals surface area contributed by atoms with E-state index in [-0.39, 0.29) is 5.91 Å². The van der Waals surface area contributed by atoms with Gasteiger partial charge in [-0.05, 0) is 31.2 Å². The molecule has 1 aromatic carbocycles. The Balaban J connectivity index is 1.64. The van der Waals surface area contributed by atoms with E-state index in [1.807, 2.05) is 31.2 Å². The van der Waals surface area contributed by atoms with Crippen molar-refractivity contribution in [2.24, 2.45) is 5.10 Å². The minimum absolute atomic E-state index is 0.319. The number of benzene rings is 1. The number of aromatic nitrogens is 2. The zero-order chi connectivity index (χ0) is 17.6. The Morgan fingerprint density at radius 3 is 2.80 bits per heavy atom. The summed E-state index contributed by atoms with van der Waals surface area (Å²) in [4.78, 5) is 20.6. The van der Waals surface area contributed by atoms with Crippen molar-refractivity contribution in [2.45, 2.75) is 6.92 Å². The first-order valence-corrected chi connectivity index (χ1v) is 8.55. The highest BCUT2D eigenvalue weighted by Crippen LogP contribution is 2.27. The number of pyridine rings is 1. The van der Waals surface area contributed by atoms with Crippen LogP contribution in [0.25, 0.3) is 0 Å². The highest BCUT2D eigenvalue weighted by atomic mass is 35.5. The summed E-state index contributed by atoms with van der Waals surface area (Å²) in [5.41, 5.74) is 4.96. The summed E-state index contributed by atoms with van der Waals surface area (Å²) in [5, 5.41) is 8.07. The van der Waals surface area contributed by atoms with E-state index in [1.165, 1.54) is 29.3 Å². The van der Waals surface area contributed by atoms with Crippen molar-refractivity contribution in [3.63, 3.8) is 0 Å². The van der Waals surface area contributed by atoms with E-state index >= 15 is 0 Å². The molecule has 3 rings (SSSR count). The van der Waals surface area contributed by atoms with Gasteiger partial charge >= 0.3 is 0 Å². The molecule has 0 aliphatic heterocycles. The van der Waals surface area contributed by atoms with Crippen molar-refractivity contribution in [1.29, 1.82) is 0 Å². The third-order valence-corrected chi connectivity index (χ3v) is 4.49. The average molecular weight is 372 g/mol. The van der Waals surface area contributed by atoms with Crippen LogP contribution in [0.3, 0.4) is 0 Å². The predicted molar refractivity (Wildman–Crippen MR) is 101 cm³/mol. The molecule has 25 heavy (non-hydrogen) atoms. The van der Waals surface area contributed by atoms with Gasteiger partial charge < -0.3 is 5.32 Å². The second-order valence-electron chi connectivity index (χ2n) is 5.11. The van der Waals surface area contributed by atoms with E-state index in [4.69, 9.17) is 11.6 Å². The molecule has 0 saturated carbocycles. The maximum atomic E-state index is 11.9. The van der Waals surface area contributed by atoms with Gasteiger partial charge in [0.2, 0.25) is 0 Å². The first-order chi connectivity index (χ1) is 12.1. The zero-order valence-electron chi connectivity index (χ0n) is 13.2. The van der Waals surface area contributed by atoms with Gasteiger partial charge in [-0.3, -0.25) is 9.78 Å². The number of hydrogen-bond donors (Lipinski definition) is 2. The highest BCUT2D eigenvalue weighted by molar-refractivity contribution is 7.17. The smallest absolute Gasteiger partial charge is 0.272 e. The van der Waals surface area contributed by atoms with E-state index in [9.17, 15) is 4.79 Å². The maximum Gasteiger partial charge on any atom is 0.272 e. The van der Waals surface area contributed by atoms with Gasteiger partial charge in [-0.1, -0.05) is 40.6 Å². The third kappa shape index (κ3) is 4.62. The highest BCUT2D eigenvalue weighted by Gasteiger charge is 2.08. The molecule has 0 fully saturated rings. The van der Waals surface area contributed by atoms with Gasteiger partial charge in [0.1, 0.15) is 0 Å². The number of thiazole rings is 1. The molecule has 2 aromatic heterocycles. The fourth-order valence-electron chi connectivity index (χ4n) is 1.92. The summed E-state index contributed by atoms with van der Waals surface area (Å²) in [6.45, 7) is 2.03. The summed E-state index contributed by atoms with van der Waals surface area (Å²) in [7, 11) is 0. The van der Waals surface area contributed by atoms with E-state index in [2.05, 4.69) is 25.8 Å². The van der Waals surface area contributed by atoms with Gasteiger partial charge in [-0.15, -0.1) is 0 Å². The maximum absolute atomic E-state index is 11.9. The van der Waals surface area contributed by atoms with Crippen LogP contribution in [0.4, 0.5) is 10.8 Å². The molecule has 6 nitrogen and oxygen atoms in total. The minimum atomic E-state index is -0.344. The Labute approximate surface area is 153 Å². The van der Waals surface area contributed by atoms with Crippen molar-refractivity contribution in [1.82, 2.24) is 15.4 Å². The fraction of sp³-hybridized carbons (Fsp3) is 0.0588. The number of rotatable bonds is 5. The van der Waals surface area contributed by atoms with Gasteiger partial charge in [0.15, 0.2) is 10.3 Å².